The number of aromatic nitrogens is 2. The van der Waals surface area contributed by atoms with Crippen molar-refractivity contribution in [3.05, 3.63) is 190 Å². The van der Waals surface area contributed by atoms with Crippen LogP contribution in [0.5, 0.6) is 0 Å². The Labute approximate surface area is 364 Å². The number of fused-ring (bicyclic) bond motifs is 6. The van der Waals surface area contributed by atoms with Gasteiger partial charge in [-0.25, -0.2) is 0 Å². The Hall–Kier alpha value is -7.36. The molecule has 308 valence electrons. The summed E-state index contributed by atoms with van der Waals surface area (Å²) in [6.07, 6.45) is -4.63. The molecule has 0 unspecified atom stereocenters. The highest BCUT2D eigenvalue weighted by molar-refractivity contribution is 6.12. The molecule has 0 radical (unpaired) electrons. The normalized spacial score (nSPS) is 12.0. The Bertz CT molecular complexity index is 3350. The molecular formula is C57H44F3N3. The molecule has 63 heavy (non-hydrogen) atoms. The number of nitrogens with zero attached hydrogens (tertiary/aromatic N) is 3. The van der Waals surface area contributed by atoms with Crippen molar-refractivity contribution < 1.29 is 13.2 Å². The number of rotatable bonds is 5. The molecule has 0 aliphatic heterocycles. The van der Waals surface area contributed by atoms with E-state index in [1.807, 2.05) is 36.4 Å². The van der Waals surface area contributed by atoms with Crippen LogP contribution in [0.1, 0.15) is 50.1 Å². The molecule has 0 atom stereocenters. The lowest BCUT2D eigenvalue weighted by Gasteiger charge is -2.21. The summed E-state index contributed by atoms with van der Waals surface area (Å²) in [5.41, 5.74) is 16.2. The van der Waals surface area contributed by atoms with Crippen molar-refractivity contribution in [2.24, 2.45) is 0 Å². The molecule has 0 aliphatic carbocycles. The maximum Gasteiger partial charge on any atom is 0.417 e. The largest absolute Gasteiger partial charge is 0.417 e. The molecule has 0 N–H and O–H groups in total. The third kappa shape index (κ3) is 6.33. The highest BCUT2D eigenvalue weighted by Crippen LogP contribution is 2.45. The Balaban J connectivity index is 1.38. The molecule has 10 aromatic rings. The van der Waals surface area contributed by atoms with Crippen LogP contribution in [-0.2, 0) is 6.18 Å². The van der Waals surface area contributed by atoms with Crippen molar-refractivity contribution in [1.29, 1.82) is 5.26 Å². The molecule has 0 saturated carbocycles. The van der Waals surface area contributed by atoms with Crippen LogP contribution >= 0.6 is 0 Å². The summed E-state index contributed by atoms with van der Waals surface area (Å²) in [4.78, 5) is 0. The van der Waals surface area contributed by atoms with E-state index in [-0.39, 0.29) is 5.56 Å². The first-order chi connectivity index (χ1) is 30.2. The maximum atomic E-state index is 15.2. The van der Waals surface area contributed by atoms with Crippen LogP contribution in [0.4, 0.5) is 13.2 Å². The number of benzene rings is 8. The fraction of sp³-hybridized carbons (Fsp3) is 0.140. The molecule has 0 amide bonds. The van der Waals surface area contributed by atoms with E-state index >= 15 is 13.2 Å². The number of nitriles is 1. The van der Waals surface area contributed by atoms with Crippen LogP contribution in [0.25, 0.3) is 88.4 Å². The molecule has 10 rings (SSSR count). The van der Waals surface area contributed by atoms with E-state index in [4.69, 9.17) is 0 Å². The van der Waals surface area contributed by atoms with Crippen molar-refractivity contribution in [3.8, 4) is 50.8 Å². The van der Waals surface area contributed by atoms with E-state index in [2.05, 4.69) is 130 Å². The second kappa shape index (κ2) is 14.6. The minimum Gasteiger partial charge on any atom is -0.308 e. The van der Waals surface area contributed by atoms with E-state index in [1.54, 1.807) is 25.1 Å². The quantitative estimate of drug-likeness (QED) is 0.170. The summed E-state index contributed by atoms with van der Waals surface area (Å²) in [5, 5.41) is 15.5. The molecule has 0 saturated heterocycles. The Morgan fingerprint density at radius 2 is 0.841 bits per heavy atom. The zero-order chi connectivity index (χ0) is 44.1. The third-order valence-corrected chi connectivity index (χ3v) is 12.8. The first-order valence-corrected chi connectivity index (χ1v) is 21.2. The van der Waals surface area contributed by atoms with Gasteiger partial charge in [0.25, 0.3) is 0 Å². The Morgan fingerprint density at radius 1 is 0.413 bits per heavy atom. The van der Waals surface area contributed by atoms with Crippen LogP contribution in [0, 0.1) is 59.8 Å². The number of alkyl halides is 3. The van der Waals surface area contributed by atoms with Crippen LogP contribution in [0.3, 0.4) is 0 Å². The van der Waals surface area contributed by atoms with Gasteiger partial charge in [-0.3, -0.25) is 0 Å². The molecule has 0 aliphatic rings. The fourth-order valence-corrected chi connectivity index (χ4v) is 10.6. The van der Waals surface area contributed by atoms with Crippen molar-refractivity contribution in [1.82, 2.24) is 9.13 Å². The van der Waals surface area contributed by atoms with Crippen LogP contribution in [0.15, 0.2) is 140 Å². The Morgan fingerprint density at radius 3 is 1.27 bits per heavy atom. The summed E-state index contributed by atoms with van der Waals surface area (Å²) >= 11 is 0. The first kappa shape index (κ1) is 39.8. The monoisotopic (exact) mass is 827 g/mol. The van der Waals surface area contributed by atoms with Gasteiger partial charge in [0, 0.05) is 21.5 Å². The number of aryl methyl sites for hydroxylation is 7. The van der Waals surface area contributed by atoms with Gasteiger partial charge in [0.2, 0.25) is 0 Å². The lowest BCUT2D eigenvalue weighted by Crippen LogP contribution is -2.10. The van der Waals surface area contributed by atoms with Crippen molar-refractivity contribution >= 4 is 43.6 Å². The first-order valence-electron chi connectivity index (χ1n) is 21.2. The van der Waals surface area contributed by atoms with Crippen LogP contribution in [-0.4, -0.2) is 9.13 Å². The summed E-state index contributed by atoms with van der Waals surface area (Å²) in [5.74, 6) is 0. The molecule has 6 heteroatoms. The highest BCUT2D eigenvalue weighted by Gasteiger charge is 2.35. The fourth-order valence-electron chi connectivity index (χ4n) is 10.6. The molecule has 3 nitrogen and oxygen atoms in total. The highest BCUT2D eigenvalue weighted by atomic mass is 19.4. The van der Waals surface area contributed by atoms with Crippen LogP contribution < -0.4 is 0 Å². The zero-order valence-electron chi connectivity index (χ0n) is 36.3. The lowest BCUT2D eigenvalue weighted by molar-refractivity contribution is -0.137. The van der Waals surface area contributed by atoms with Gasteiger partial charge in [0.15, 0.2) is 0 Å². The number of hydrogen-bond acceptors (Lipinski definition) is 1. The van der Waals surface area contributed by atoms with Gasteiger partial charge < -0.3 is 9.13 Å². The van der Waals surface area contributed by atoms with Gasteiger partial charge in [-0.1, -0.05) is 108 Å². The van der Waals surface area contributed by atoms with Gasteiger partial charge in [0.05, 0.1) is 39.0 Å². The molecule has 0 fully saturated rings. The smallest absolute Gasteiger partial charge is 0.308 e. The summed E-state index contributed by atoms with van der Waals surface area (Å²) in [6.45, 7) is 14.4. The predicted octanol–water partition coefficient (Wildman–Crippen LogP) is 15.9. The second-order valence-electron chi connectivity index (χ2n) is 17.2. The second-order valence-corrected chi connectivity index (χ2v) is 17.2. The molecule has 0 spiro atoms. The maximum absolute atomic E-state index is 15.2. The number of hydrogen-bond donors (Lipinski definition) is 0. The molecule has 8 aromatic carbocycles. The number of para-hydroxylation sites is 2. The van der Waals surface area contributed by atoms with Gasteiger partial charge in [-0.15, -0.1) is 0 Å². The van der Waals surface area contributed by atoms with Crippen molar-refractivity contribution in [2.75, 3.05) is 0 Å². The molecule has 2 heterocycles. The molecule has 2 aromatic heterocycles. The van der Waals surface area contributed by atoms with E-state index in [0.29, 0.717) is 28.1 Å². The van der Waals surface area contributed by atoms with Crippen LogP contribution in [0.2, 0.25) is 0 Å². The molecular weight excluding hydrogens is 784 g/mol. The van der Waals surface area contributed by atoms with Crippen molar-refractivity contribution in [3.63, 3.8) is 0 Å². The third-order valence-electron chi connectivity index (χ3n) is 12.8. The number of halogens is 3. The van der Waals surface area contributed by atoms with Gasteiger partial charge in [-0.2, -0.15) is 18.4 Å². The lowest BCUT2D eigenvalue weighted by atomic mass is 9.92. The summed E-state index contributed by atoms with van der Waals surface area (Å²) < 4.78 is 49.7. The standard InChI is InChI=1S/C57H44F3N3/c1-32-23-35(4)54(36(5)24-32)39-19-21-44-42-14-8-10-17-48(42)62(50(44)27-39)52-29-41(56-34(3)13-12-16-47(56)57(58,59)60)30-53(46(52)31-61)63-49-18-11-9-15-43(49)45-22-20-40(28-51(45)63)55-37(6)25-33(2)26-38(55)7/h8-30H,1-7H3. The van der Waals surface area contributed by atoms with E-state index in [9.17, 15) is 5.26 Å². The van der Waals surface area contributed by atoms with Gasteiger partial charge in [-0.05, 0) is 152 Å². The van der Waals surface area contributed by atoms with E-state index < -0.39 is 11.7 Å². The van der Waals surface area contributed by atoms with Gasteiger partial charge in [0.1, 0.15) is 11.6 Å². The summed E-state index contributed by atoms with van der Waals surface area (Å²) in [6, 6.07) is 48.3. The van der Waals surface area contributed by atoms with Crippen molar-refractivity contribution in [2.45, 2.75) is 54.6 Å². The minimum absolute atomic E-state index is 0.0803. The SMILES string of the molecule is Cc1cc(C)c(-c2ccc3c4ccccc4n(-c4cc(-c5c(C)cccc5C(F)(F)F)cc(-n5c6ccccc6c6ccc(-c7c(C)cc(C)cc7C)cc65)c4C#N)c3c2)c(C)c1. The topological polar surface area (TPSA) is 33.6 Å². The molecule has 0 bridgehead atoms. The zero-order valence-corrected chi connectivity index (χ0v) is 36.3. The van der Waals surface area contributed by atoms with E-state index in [0.717, 1.165) is 94.2 Å². The average molecular weight is 828 g/mol. The average Bonchev–Trinajstić information content (AvgIpc) is 3.74. The van der Waals surface area contributed by atoms with Gasteiger partial charge >= 0.3 is 6.18 Å². The summed E-state index contributed by atoms with van der Waals surface area (Å²) in [7, 11) is 0. The Kier molecular flexibility index (Phi) is 9.24. The van der Waals surface area contributed by atoms with E-state index in [1.165, 1.54) is 17.2 Å². The predicted molar refractivity (Wildman–Crippen MR) is 254 cm³/mol. The minimum atomic E-state index is -4.63.